The Morgan fingerprint density at radius 2 is 2.15 bits per heavy atom. The van der Waals surface area contributed by atoms with E-state index in [0.29, 0.717) is 11.6 Å². The second kappa shape index (κ2) is 6.36. The third kappa shape index (κ3) is 3.69. The molecule has 0 aliphatic carbocycles. The molecule has 1 unspecified atom stereocenters. The Hall–Kier alpha value is -2.11. The van der Waals surface area contributed by atoms with Gasteiger partial charge < -0.3 is 15.3 Å². The number of hydrogen-bond donors (Lipinski definition) is 2. The van der Waals surface area contributed by atoms with Crippen LogP contribution >= 0.6 is 0 Å². The van der Waals surface area contributed by atoms with Gasteiger partial charge in [-0.05, 0) is 31.2 Å². The lowest BCUT2D eigenvalue weighted by Crippen LogP contribution is -2.35. The Bertz CT molecular complexity index is 504. The highest BCUT2D eigenvalue weighted by atomic mass is 16.4. The van der Waals surface area contributed by atoms with Gasteiger partial charge in [0.15, 0.2) is 0 Å². The molecule has 1 aromatic heterocycles. The number of hydrogen-bond acceptors (Lipinski definition) is 3. The molecule has 2 rings (SSSR count). The fourth-order valence-corrected chi connectivity index (χ4v) is 2.29. The van der Waals surface area contributed by atoms with Gasteiger partial charge in [0, 0.05) is 19.3 Å². The molecule has 0 spiro atoms. The predicted molar refractivity (Wildman–Crippen MR) is 74.8 cm³/mol. The quantitative estimate of drug-likeness (QED) is 0.869. The lowest BCUT2D eigenvalue weighted by Gasteiger charge is -2.20. The van der Waals surface area contributed by atoms with Crippen LogP contribution in [0.1, 0.15) is 36.5 Å². The summed E-state index contributed by atoms with van der Waals surface area (Å²) in [5.74, 6) is -0.415. The van der Waals surface area contributed by atoms with Crippen molar-refractivity contribution >= 4 is 17.7 Å². The summed E-state index contributed by atoms with van der Waals surface area (Å²) in [6.45, 7) is 3.67. The molecule has 0 bridgehead atoms. The third-order valence-electron chi connectivity index (χ3n) is 3.54. The van der Waals surface area contributed by atoms with Crippen LogP contribution in [0.4, 0.5) is 10.5 Å². The normalized spacial score (nSPS) is 19.2. The van der Waals surface area contributed by atoms with Crippen LogP contribution in [0.5, 0.6) is 0 Å². The van der Waals surface area contributed by atoms with Crippen LogP contribution in [-0.4, -0.2) is 40.1 Å². The number of urea groups is 1. The van der Waals surface area contributed by atoms with Crippen molar-refractivity contribution in [2.24, 2.45) is 5.92 Å². The number of amides is 2. The summed E-state index contributed by atoms with van der Waals surface area (Å²) < 4.78 is 0. The smallest absolute Gasteiger partial charge is 0.337 e. The SMILES string of the molecule is CC1CCCN(C(=O)Nc2cncc(C(=O)O)c2)CC1. The highest BCUT2D eigenvalue weighted by molar-refractivity contribution is 5.92. The molecule has 1 saturated heterocycles. The monoisotopic (exact) mass is 277 g/mol. The van der Waals surface area contributed by atoms with E-state index in [1.54, 1.807) is 4.90 Å². The Morgan fingerprint density at radius 1 is 1.35 bits per heavy atom. The number of likely N-dealkylation sites (tertiary alicyclic amines) is 1. The van der Waals surface area contributed by atoms with Crippen LogP contribution < -0.4 is 5.32 Å². The second-order valence-electron chi connectivity index (χ2n) is 5.22. The average Bonchev–Trinajstić information content (AvgIpc) is 2.64. The molecule has 1 aromatic rings. The first kappa shape index (κ1) is 14.3. The Balaban J connectivity index is 2.00. The topological polar surface area (TPSA) is 82.5 Å². The van der Waals surface area contributed by atoms with E-state index in [1.807, 2.05) is 0 Å². The summed E-state index contributed by atoms with van der Waals surface area (Å²) in [6, 6.07) is 1.22. The summed E-state index contributed by atoms with van der Waals surface area (Å²) in [4.78, 5) is 28.6. The van der Waals surface area contributed by atoms with Gasteiger partial charge in [0.05, 0.1) is 17.4 Å². The van der Waals surface area contributed by atoms with Crippen molar-refractivity contribution in [3.05, 3.63) is 24.0 Å². The first-order valence-corrected chi connectivity index (χ1v) is 6.80. The molecule has 6 heteroatoms. The van der Waals surface area contributed by atoms with Gasteiger partial charge in [-0.1, -0.05) is 6.92 Å². The maximum absolute atomic E-state index is 12.1. The maximum Gasteiger partial charge on any atom is 0.337 e. The van der Waals surface area contributed by atoms with Gasteiger partial charge in [0.2, 0.25) is 0 Å². The number of carbonyl (C=O) groups is 2. The standard InChI is InChI=1S/C14H19N3O3/c1-10-3-2-5-17(6-4-10)14(20)16-12-7-11(13(18)19)8-15-9-12/h7-10H,2-6H2,1H3,(H,16,20)(H,18,19). The minimum absolute atomic E-state index is 0.0623. The van der Waals surface area contributed by atoms with Crippen molar-refractivity contribution in [3.8, 4) is 0 Å². The van der Waals surface area contributed by atoms with Crippen LogP contribution in [0.25, 0.3) is 0 Å². The van der Waals surface area contributed by atoms with Crippen molar-refractivity contribution in [1.82, 2.24) is 9.88 Å². The molecule has 6 nitrogen and oxygen atoms in total. The fraction of sp³-hybridized carbons (Fsp3) is 0.500. The van der Waals surface area contributed by atoms with Crippen molar-refractivity contribution in [1.29, 1.82) is 0 Å². The molecular formula is C14H19N3O3. The van der Waals surface area contributed by atoms with Crippen LogP contribution in [0.3, 0.4) is 0 Å². The number of carbonyl (C=O) groups excluding carboxylic acids is 1. The van der Waals surface area contributed by atoms with Crippen molar-refractivity contribution in [2.45, 2.75) is 26.2 Å². The number of carboxylic acid groups (broad SMARTS) is 1. The predicted octanol–water partition coefficient (Wildman–Crippen LogP) is 2.43. The largest absolute Gasteiger partial charge is 0.478 e. The summed E-state index contributed by atoms with van der Waals surface area (Å²) in [5, 5.41) is 11.6. The molecule has 1 fully saturated rings. The van der Waals surface area contributed by atoms with E-state index in [0.717, 1.165) is 32.4 Å². The lowest BCUT2D eigenvalue weighted by molar-refractivity contribution is 0.0696. The molecule has 2 N–H and O–H groups in total. The Labute approximate surface area is 117 Å². The van der Waals surface area contributed by atoms with Crippen molar-refractivity contribution in [2.75, 3.05) is 18.4 Å². The summed E-state index contributed by atoms with van der Waals surface area (Å²) in [6.07, 6.45) is 5.85. The number of carboxylic acids is 1. The molecule has 2 amide bonds. The molecule has 0 aromatic carbocycles. The van der Waals surface area contributed by atoms with Crippen LogP contribution in [-0.2, 0) is 0 Å². The number of anilines is 1. The van der Waals surface area contributed by atoms with Crippen LogP contribution in [0.15, 0.2) is 18.5 Å². The third-order valence-corrected chi connectivity index (χ3v) is 3.54. The number of aromatic carboxylic acids is 1. The molecule has 1 aliphatic heterocycles. The van der Waals surface area contributed by atoms with Crippen LogP contribution in [0, 0.1) is 5.92 Å². The summed E-state index contributed by atoms with van der Waals surface area (Å²) in [7, 11) is 0. The molecule has 0 saturated carbocycles. The van der Waals surface area contributed by atoms with Gasteiger partial charge in [0.25, 0.3) is 0 Å². The molecule has 108 valence electrons. The number of rotatable bonds is 2. The minimum Gasteiger partial charge on any atom is -0.478 e. The van der Waals surface area contributed by atoms with Gasteiger partial charge >= 0.3 is 12.0 Å². The lowest BCUT2D eigenvalue weighted by atomic mass is 10.0. The van der Waals surface area contributed by atoms with Crippen LogP contribution in [0.2, 0.25) is 0 Å². The molecule has 2 heterocycles. The van der Waals surface area contributed by atoms with Gasteiger partial charge in [-0.2, -0.15) is 0 Å². The molecule has 0 radical (unpaired) electrons. The zero-order chi connectivity index (χ0) is 14.5. The van der Waals surface area contributed by atoms with Gasteiger partial charge in [0.1, 0.15) is 0 Å². The zero-order valence-corrected chi connectivity index (χ0v) is 11.5. The molecule has 20 heavy (non-hydrogen) atoms. The Morgan fingerprint density at radius 3 is 2.90 bits per heavy atom. The Kier molecular flexibility index (Phi) is 4.55. The number of nitrogens with one attached hydrogen (secondary N) is 1. The van der Waals surface area contributed by atoms with Gasteiger partial charge in [-0.15, -0.1) is 0 Å². The van der Waals surface area contributed by atoms with E-state index >= 15 is 0 Å². The number of nitrogens with zero attached hydrogens (tertiary/aromatic N) is 2. The number of pyridine rings is 1. The van der Waals surface area contributed by atoms with Crippen molar-refractivity contribution in [3.63, 3.8) is 0 Å². The van der Waals surface area contributed by atoms with E-state index in [1.165, 1.54) is 18.5 Å². The second-order valence-corrected chi connectivity index (χ2v) is 5.22. The van der Waals surface area contributed by atoms with E-state index in [-0.39, 0.29) is 11.6 Å². The highest BCUT2D eigenvalue weighted by Crippen LogP contribution is 2.17. The minimum atomic E-state index is -1.06. The van der Waals surface area contributed by atoms with E-state index < -0.39 is 5.97 Å². The summed E-state index contributed by atoms with van der Waals surface area (Å²) in [5.41, 5.74) is 0.472. The molecule has 1 aliphatic rings. The van der Waals surface area contributed by atoms with Gasteiger partial charge in [-0.25, -0.2) is 9.59 Å². The first-order chi connectivity index (χ1) is 9.56. The molecule has 1 atom stereocenters. The van der Waals surface area contributed by atoms with Crippen molar-refractivity contribution < 1.29 is 14.7 Å². The van der Waals surface area contributed by atoms with E-state index in [4.69, 9.17) is 5.11 Å². The summed E-state index contributed by atoms with van der Waals surface area (Å²) >= 11 is 0. The van der Waals surface area contributed by atoms with E-state index in [9.17, 15) is 9.59 Å². The average molecular weight is 277 g/mol. The van der Waals surface area contributed by atoms with E-state index in [2.05, 4.69) is 17.2 Å². The first-order valence-electron chi connectivity index (χ1n) is 6.80. The van der Waals surface area contributed by atoms with Gasteiger partial charge in [-0.3, -0.25) is 4.98 Å². The molecular weight excluding hydrogens is 258 g/mol. The fourth-order valence-electron chi connectivity index (χ4n) is 2.29. The maximum atomic E-state index is 12.1. The zero-order valence-electron chi connectivity index (χ0n) is 11.5. The number of aromatic nitrogens is 1. The highest BCUT2D eigenvalue weighted by Gasteiger charge is 2.18.